The SMILES string of the molecule is CN(Cc1cccs1)C1CCCNC1. The van der Waals surface area contributed by atoms with Crippen LogP contribution in [0.25, 0.3) is 0 Å². The van der Waals surface area contributed by atoms with E-state index in [1.54, 1.807) is 0 Å². The van der Waals surface area contributed by atoms with E-state index in [-0.39, 0.29) is 0 Å². The zero-order valence-corrected chi connectivity index (χ0v) is 9.52. The highest BCUT2D eigenvalue weighted by atomic mass is 32.1. The Morgan fingerprint density at radius 2 is 2.57 bits per heavy atom. The molecule has 0 radical (unpaired) electrons. The number of nitrogens with zero attached hydrogens (tertiary/aromatic N) is 1. The minimum atomic E-state index is 0.728. The normalized spacial score (nSPS) is 22.9. The van der Waals surface area contributed by atoms with Gasteiger partial charge in [-0.1, -0.05) is 6.07 Å². The van der Waals surface area contributed by atoms with Crippen LogP contribution in [0.4, 0.5) is 0 Å². The van der Waals surface area contributed by atoms with Crippen LogP contribution >= 0.6 is 11.3 Å². The van der Waals surface area contributed by atoms with Gasteiger partial charge in [0.1, 0.15) is 0 Å². The lowest BCUT2D eigenvalue weighted by Gasteiger charge is -2.31. The Hall–Kier alpha value is -0.380. The molecular formula is C11H18N2S. The summed E-state index contributed by atoms with van der Waals surface area (Å²) in [6, 6.07) is 5.08. The second-order valence-electron chi connectivity index (χ2n) is 3.99. The molecule has 3 heteroatoms. The number of hydrogen-bond acceptors (Lipinski definition) is 3. The molecule has 78 valence electrons. The summed E-state index contributed by atoms with van der Waals surface area (Å²) in [6.45, 7) is 3.45. The maximum absolute atomic E-state index is 3.46. The monoisotopic (exact) mass is 210 g/mol. The molecule has 0 aromatic carbocycles. The quantitative estimate of drug-likeness (QED) is 0.820. The molecule has 2 heterocycles. The summed E-state index contributed by atoms with van der Waals surface area (Å²) >= 11 is 1.85. The van der Waals surface area contributed by atoms with Crippen LogP contribution in [0.3, 0.4) is 0 Å². The van der Waals surface area contributed by atoms with Gasteiger partial charge in [0, 0.05) is 24.0 Å². The standard InChI is InChI=1S/C11H18N2S/c1-13(9-11-5-3-7-14-11)10-4-2-6-12-8-10/h3,5,7,10,12H,2,4,6,8-9H2,1H3. The van der Waals surface area contributed by atoms with Crippen molar-refractivity contribution in [1.29, 1.82) is 0 Å². The summed E-state index contributed by atoms with van der Waals surface area (Å²) in [7, 11) is 2.23. The maximum Gasteiger partial charge on any atom is 0.0328 e. The van der Waals surface area contributed by atoms with Gasteiger partial charge in [-0.15, -0.1) is 11.3 Å². The van der Waals surface area contributed by atoms with E-state index in [1.165, 1.54) is 24.3 Å². The van der Waals surface area contributed by atoms with Crippen molar-refractivity contribution in [3.8, 4) is 0 Å². The van der Waals surface area contributed by atoms with Gasteiger partial charge in [0.2, 0.25) is 0 Å². The Labute approximate surface area is 89.9 Å². The zero-order chi connectivity index (χ0) is 9.80. The lowest BCUT2D eigenvalue weighted by atomic mass is 10.1. The summed E-state index contributed by atoms with van der Waals surface area (Å²) in [6.07, 6.45) is 2.66. The van der Waals surface area contributed by atoms with Crippen LogP contribution in [0, 0.1) is 0 Å². The third-order valence-corrected chi connectivity index (χ3v) is 3.74. The first-order valence-electron chi connectivity index (χ1n) is 5.29. The average Bonchev–Trinajstić information content (AvgIpc) is 2.72. The molecule has 2 rings (SSSR count). The molecule has 0 bridgehead atoms. The first kappa shape index (κ1) is 10.1. The predicted molar refractivity (Wildman–Crippen MR) is 61.7 cm³/mol. The van der Waals surface area contributed by atoms with Crippen LogP contribution in [0.1, 0.15) is 17.7 Å². The van der Waals surface area contributed by atoms with Gasteiger partial charge in [-0.25, -0.2) is 0 Å². The van der Waals surface area contributed by atoms with Gasteiger partial charge in [-0.05, 0) is 37.9 Å². The van der Waals surface area contributed by atoms with E-state index in [0.717, 1.165) is 19.1 Å². The fourth-order valence-electron chi connectivity index (χ4n) is 1.99. The van der Waals surface area contributed by atoms with Crippen molar-refractivity contribution in [2.24, 2.45) is 0 Å². The second kappa shape index (κ2) is 4.91. The smallest absolute Gasteiger partial charge is 0.0328 e. The van der Waals surface area contributed by atoms with E-state index in [1.807, 2.05) is 11.3 Å². The average molecular weight is 210 g/mol. The molecule has 1 aliphatic heterocycles. The van der Waals surface area contributed by atoms with Crippen molar-refractivity contribution < 1.29 is 0 Å². The predicted octanol–water partition coefficient (Wildman–Crippen LogP) is 1.93. The van der Waals surface area contributed by atoms with Crippen molar-refractivity contribution in [2.45, 2.75) is 25.4 Å². The van der Waals surface area contributed by atoms with Gasteiger partial charge in [-0.3, -0.25) is 4.90 Å². The topological polar surface area (TPSA) is 15.3 Å². The van der Waals surface area contributed by atoms with Crippen molar-refractivity contribution >= 4 is 11.3 Å². The number of hydrogen-bond donors (Lipinski definition) is 1. The Morgan fingerprint density at radius 1 is 1.64 bits per heavy atom. The molecule has 0 spiro atoms. The van der Waals surface area contributed by atoms with E-state index in [4.69, 9.17) is 0 Å². The number of piperidine rings is 1. The van der Waals surface area contributed by atoms with E-state index >= 15 is 0 Å². The minimum Gasteiger partial charge on any atom is -0.315 e. The second-order valence-corrected chi connectivity index (χ2v) is 5.03. The van der Waals surface area contributed by atoms with E-state index in [2.05, 4.69) is 34.8 Å². The van der Waals surface area contributed by atoms with Gasteiger partial charge in [0.15, 0.2) is 0 Å². The van der Waals surface area contributed by atoms with Crippen molar-refractivity contribution in [2.75, 3.05) is 20.1 Å². The molecule has 1 aliphatic rings. The molecule has 0 amide bonds. The van der Waals surface area contributed by atoms with E-state index in [0.29, 0.717) is 0 Å². The van der Waals surface area contributed by atoms with E-state index in [9.17, 15) is 0 Å². The molecule has 2 nitrogen and oxygen atoms in total. The Morgan fingerprint density at radius 3 is 3.21 bits per heavy atom. The summed E-state index contributed by atoms with van der Waals surface area (Å²) in [5.41, 5.74) is 0. The molecule has 1 aromatic rings. The first-order chi connectivity index (χ1) is 6.86. The highest BCUT2D eigenvalue weighted by molar-refractivity contribution is 7.09. The van der Waals surface area contributed by atoms with Crippen LogP contribution < -0.4 is 5.32 Å². The van der Waals surface area contributed by atoms with Crippen molar-refractivity contribution in [3.63, 3.8) is 0 Å². The van der Waals surface area contributed by atoms with E-state index < -0.39 is 0 Å². The Kier molecular flexibility index (Phi) is 3.56. The molecule has 1 N–H and O–H groups in total. The van der Waals surface area contributed by atoms with Crippen LogP contribution in [0.5, 0.6) is 0 Å². The molecule has 1 aromatic heterocycles. The molecule has 14 heavy (non-hydrogen) atoms. The highest BCUT2D eigenvalue weighted by Crippen LogP contribution is 2.15. The van der Waals surface area contributed by atoms with Crippen LogP contribution in [-0.2, 0) is 6.54 Å². The summed E-state index contributed by atoms with van der Waals surface area (Å²) in [5.74, 6) is 0. The highest BCUT2D eigenvalue weighted by Gasteiger charge is 2.17. The van der Waals surface area contributed by atoms with Gasteiger partial charge in [0.05, 0.1) is 0 Å². The fraction of sp³-hybridized carbons (Fsp3) is 0.636. The first-order valence-corrected chi connectivity index (χ1v) is 6.17. The van der Waals surface area contributed by atoms with Crippen LogP contribution in [0.2, 0.25) is 0 Å². The lowest BCUT2D eigenvalue weighted by molar-refractivity contribution is 0.197. The number of nitrogens with one attached hydrogen (secondary N) is 1. The van der Waals surface area contributed by atoms with Crippen LogP contribution in [-0.4, -0.2) is 31.1 Å². The van der Waals surface area contributed by atoms with Gasteiger partial charge in [0.25, 0.3) is 0 Å². The summed E-state index contributed by atoms with van der Waals surface area (Å²) in [5, 5.41) is 5.61. The largest absolute Gasteiger partial charge is 0.315 e. The fourth-order valence-corrected chi connectivity index (χ4v) is 2.75. The van der Waals surface area contributed by atoms with Gasteiger partial charge in [-0.2, -0.15) is 0 Å². The molecule has 0 saturated carbocycles. The third kappa shape index (κ3) is 2.56. The Bertz CT molecular complexity index is 252. The molecule has 1 saturated heterocycles. The molecule has 0 aliphatic carbocycles. The van der Waals surface area contributed by atoms with Crippen LogP contribution in [0.15, 0.2) is 17.5 Å². The molecule has 1 atom stereocenters. The van der Waals surface area contributed by atoms with Gasteiger partial charge < -0.3 is 5.32 Å². The molecule has 1 unspecified atom stereocenters. The molecular weight excluding hydrogens is 192 g/mol. The van der Waals surface area contributed by atoms with Gasteiger partial charge >= 0.3 is 0 Å². The minimum absolute atomic E-state index is 0.728. The summed E-state index contributed by atoms with van der Waals surface area (Å²) < 4.78 is 0. The summed E-state index contributed by atoms with van der Waals surface area (Å²) in [4.78, 5) is 3.94. The third-order valence-electron chi connectivity index (χ3n) is 2.88. The lowest BCUT2D eigenvalue weighted by Crippen LogP contribution is -2.43. The van der Waals surface area contributed by atoms with Crippen molar-refractivity contribution in [1.82, 2.24) is 10.2 Å². The zero-order valence-electron chi connectivity index (χ0n) is 8.70. The number of rotatable bonds is 3. The Balaban J connectivity index is 1.85. The van der Waals surface area contributed by atoms with Crippen molar-refractivity contribution in [3.05, 3.63) is 22.4 Å². The maximum atomic E-state index is 3.46. The number of thiophene rings is 1. The number of likely N-dealkylation sites (N-methyl/N-ethyl adjacent to an activating group) is 1. The molecule has 1 fully saturated rings.